The molecule has 149 valence electrons. The summed E-state index contributed by atoms with van der Waals surface area (Å²) in [5, 5.41) is 0. The van der Waals surface area contributed by atoms with Gasteiger partial charge in [0, 0.05) is 39.0 Å². The van der Waals surface area contributed by atoms with Crippen LogP contribution in [0.2, 0.25) is 0 Å². The summed E-state index contributed by atoms with van der Waals surface area (Å²) in [6.45, 7) is 0. The number of hydrogen-bond acceptors (Lipinski definition) is 3. The molecule has 0 bridgehead atoms. The van der Waals surface area contributed by atoms with Crippen LogP contribution in [-0.4, -0.2) is 48.0 Å². The maximum Gasteiger partial charge on any atom is 0.485 e. The van der Waals surface area contributed by atoms with Crippen LogP contribution in [0.4, 0.5) is 17.1 Å². The Labute approximate surface area is 192 Å². The smallest absolute Gasteiger partial charge is 0.485 e. The van der Waals surface area contributed by atoms with Crippen molar-refractivity contribution in [3.8, 4) is 22.3 Å². The van der Waals surface area contributed by atoms with Crippen molar-refractivity contribution in [1.29, 1.82) is 0 Å². The minimum absolute atomic E-state index is 0. The standard InChI is InChI=1S/C18H13FS.CHF3O3S.Na/c19-20-17-13-7-12-16(14-8-3-1-4-9-14)18(17)15-10-5-2-6-11-15;2-1(3,4)8(5,6)7;/h1-13H;(H,5,6,7);. The number of alkyl halides is 3. The number of hydrogen-bond donors (Lipinski definition) is 0. The Hall–Kier alpha value is -1.36. The van der Waals surface area contributed by atoms with Crippen LogP contribution in [0.15, 0.2) is 83.8 Å². The fourth-order valence-corrected chi connectivity index (χ4v) is 2.85. The predicted molar refractivity (Wildman–Crippen MR) is 107 cm³/mol. The van der Waals surface area contributed by atoms with Gasteiger partial charge in [-0.1, -0.05) is 72.8 Å². The zero-order valence-corrected chi connectivity index (χ0v) is 18.8. The van der Waals surface area contributed by atoms with Crippen molar-refractivity contribution >= 4 is 51.8 Å². The first-order valence-electron chi connectivity index (χ1n) is 7.73. The second kappa shape index (κ2) is 11.1. The van der Waals surface area contributed by atoms with Crippen LogP contribution in [0.5, 0.6) is 0 Å². The van der Waals surface area contributed by atoms with Gasteiger partial charge in [-0.15, -0.1) is 0 Å². The molecule has 0 aliphatic heterocycles. The Kier molecular flexibility index (Phi) is 9.87. The fourth-order valence-electron chi connectivity index (χ4n) is 2.38. The van der Waals surface area contributed by atoms with Crippen molar-refractivity contribution in [2.24, 2.45) is 0 Å². The normalized spacial score (nSPS) is 11.1. The third-order valence-electron chi connectivity index (χ3n) is 3.56. The number of benzene rings is 3. The Morgan fingerprint density at radius 1 is 0.759 bits per heavy atom. The van der Waals surface area contributed by atoms with E-state index < -0.39 is 15.6 Å². The maximum atomic E-state index is 13.3. The topological polar surface area (TPSA) is 57.2 Å². The van der Waals surface area contributed by atoms with Gasteiger partial charge in [0.2, 0.25) is 17.0 Å². The summed E-state index contributed by atoms with van der Waals surface area (Å²) < 4.78 is 72.2. The summed E-state index contributed by atoms with van der Waals surface area (Å²) in [5.74, 6) is 0. The Morgan fingerprint density at radius 2 is 1.21 bits per heavy atom. The molecule has 0 unspecified atom stereocenters. The number of thiol groups is 1. The van der Waals surface area contributed by atoms with Gasteiger partial charge in [-0.2, -0.15) is 13.2 Å². The molecular formula is C19H14F4NaO3S2. The van der Waals surface area contributed by atoms with Gasteiger partial charge in [0.05, 0.1) is 0 Å². The molecule has 0 saturated heterocycles. The van der Waals surface area contributed by atoms with E-state index in [1.165, 1.54) is 0 Å². The molecule has 3 aromatic carbocycles. The van der Waals surface area contributed by atoms with Gasteiger partial charge < -0.3 is 4.55 Å². The van der Waals surface area contributed by atoms with Crippen LogP contribution in [-0.2, 0) is 22.3 Å². The molecule has 0 saturated carbocycles. The maximum absolute atomic E-state index is 13.3. The van der Waals surface area contributed by atoms with Gasteiger partial charge in [-0.3, -0.25) is 0 Å². The Bertz CT molecular complexity index is 1010. The van der Waals surface area contributed by atoms with Crippen LogP contribution in [0.3, 0.4) is 0 Å². The van der Waals surface area contributed by atoms with Gasteiger partial charge in [0.1, 0.15) is 0 Å². The van der Waals surface area contributed by atoms with E-state index in [2.05, 4.69) is 12.1 Å². The van der Waals surface area contributed by atoms with E-state index in [1.54, 1.807) is 0 Å². The number of rotatable bonds is 3. The zero-order valence-electron chi connectivity index (χ0n) is 15.1. The first kappa shape index (κ1) is 25.7. The van der Waals surface area contributed by atoms with Crippen molar-refractivity contribution < 1.29 is 30.0 Å². The molecular weight excluding hydrogens is 439 g/mol. The molecule has 0 spiro atoms. The van der Waals surface area contributed by atoms with Gasteiger partial charge in [0.25, 0.3) is 0 Å². The second-order valence-corrected chi connectivity index (χ2v) is 7.44. The summed E-state index contributed by atoms with van der Waals surface area (Å²) in [6.07, 6.45) is 0. The molecule has 3 rings (SSSR count). The summed E-state index contributed by atoms with van der Waals surface area (Å²) in [7, 11) is -6.09. The van der Waals surface area contributed by atoms with Gasteiger partial charge in [-0.25, -0.2) is 8.42 Å². The third-order valence-corrected chi connectivity index (χ3v) is 4.69. The van der Waals surface area contributed by atoms with Crippen molar-refractivity contribution in [3.05, 3.63) is 78.9 Å². The average molecular weight is 453 g/mol. The summed E-state index contributed by atoms with van der Waals surface area (Å²) in [4.78, 5) is 0.706. The van der Waals surface area contributed by atoms with E-state index in [-0.39, 0.29) is 41.7 Å². The first-order chi connectivity index (χ1) is 13.1. The molecule has 0 aromatic heterocycles. The average Bonchev–Trinajstić information content (AvgIpc) is 2.67. The molecule has 0 heterocycles. The predicted octanol–water partition coefficient (Wildman–Crippen LogP) is 4.75. The van der Waals surface area contributed by atoms with Crippen LogP contribution in [0.25, 0.3) is 22.3 Å². The van der Waals surface area contributed by atoms with E-state index in [9.17, 15) is 17.1 Å². The molecule has 1 radical (unpaired) electrons. The molecule has 10 heteroatoms. The Balaban J connectivity index is 0.000000403. The SMILES string of the molecule is F[SH+]c1cccc(-c2ccccc2)c1-c1ccccc1.O=S(=O)([O-])C(F)(F)F.[Na]. The Morgan fingerprint density at radius 3 is 1.62 bits per heavy atom. The first-order valence-corrected chi connectivity index (χ1v) is 9.92. The molecule has 0 aliphatic carbocycles. The zero-order chi connectivity index (χ0) is 20.8. The van der Waals surface area contributed by atoms with Crippen LogP contribution < -0.4 is 0 Å². The molecule has 0 aliphatic rings. The molecule has 0 amide bonds. The molecule has 0 fully saturated rings. The molecule has 3 nitrogen and oxygen atoms in total. The summed E-state index contributed by atoms with van der Waals surface area (Å²) in [6, 6.07) is 25.9. The monoisotopic (exact) mass is 453 g/mol. The van der Waals surface area contributed by atoms with Crippen LogP contribution >= 0.6 is 0 Å². The van der Waals surface area contributed by atoms with E-state index in [0.29, 0.717) is 4.90 Å². The molecule has 29 heavy (non-hydrogen) atoms. The fraction of sp³-hybridized carbons (Fsp3) is 0.0526. The third kappa shape index (κ3) is 7.13. The van der Waals surface area contributed by atoms with Crippen molar-refractivity contribution in [1.82, 2.24) is 0 Å². The van der Waals surface area contributed by atoms with Crippen LogP contribution in [0, 0.1) is 0 Å². The minimum Gasteiger partial charge on any atom is -0.741 e. The molecule has 0 atom stereocenters. The van der Waals surface area contributed by atoms with Crippen molar-refractivity contribution in [3.63, 3.8) is 0 Å². The number of halogens is 4. The minimum atomic E-state index is -6.09. The van der Waals surface area contributed by atoms with Gasteiger partial charge >= 0.3 is 5.51 Å². The largest absolute Gasteiger partial charge is 0.741 e. The van der Waals surface area contributed by atoms with E-state index in [0.717, 1.165) is 22.3 Å². The summed E-state index contributed by atoms with van der Waals surface area (Å²) >= 11 is -0.203. The van der Waals surface area contributed by atoms with Crippen molar-refractivity contribution in [2.75, 3.05) is 0 Å². The molecule has 0 N–H and O–H groups in total. The van der Waals surface area contributed by atoms with Gasteiger partial charge in [-0.05, 0) is 22.8 Å². The van der Waals surface area contributed by atoms with Crippen molar-refractivity contribution in [2.45, 2.75) is 10.4 Å². The van der Waals surface area contributed by atoms with E-state index in [4.69, 9.17) is 13.0 Å². The van der Waals surface area contributed by atoms with Gasteiger partial charge in [0.15, 0.2) is 10.1 Å². The van der Waals surface area contributed by atoms with E-state index in [1.807, 2.05) is 66.7 Å². The molecule has 3 aromatic rings. The van der Waals surface area contributed by atoms with Crippen LogP contribution in [0.1, 0.15) is 0 Å². The summed E-state index contributed by atoms with van der Waals surface area (Å²) in [5.41, 5.74) is -1.45. The second-order valence-electron chi connectivity index (χ2n) is 5.42. The quantitative estimate of drug-likeness (QED) is 0.144. The van der Waals surface area contributed by atoms with E-state index >= 15 is 0 Å².